The highest BCUT2D eigenvalue weighted by Gasteiger charge is 2.40. The van der Waals surface area contributed by atoms with Gasteiger partial charge in [0, 0.05) is 0 Å². The smallest absolute Gasteiger partial charge is 0.326 e. The molecule has 33 heavy (non-hydrogen) atoms. The molecule has 0 aromatic heterocycles. The summed E-state index contributed by atoms with van der Waals surface area (Å²) in [7, 11) is 0. The Morgan fingerprint density at radius 3 is 2.27 bits per heavy atom. The summed E-state index contributed by atoms with van der Waals surface area (Å²) in [6, 6.07) is 3.65. The number of carboxylic acids is 1. The predicted octanol–water partition coefficient (Wildman–Crippen LogP) is 3.21. The van der Waals surface area contributed by atoms with Gasteiger partial charge in [-0.1, -0.05) is 60.1 Å². The van der Waals surface area contributed by atoms with Gasteiger partial charge in [-0.05, 0) is 36.3 Å². The van der Waals surface area contributed by atoms with Crippen LogP contribution in [0.25, 0.3) is 0 Å². The van der Waals surface area contributed by atoms with Crippen molar-refractivity contribution in [2.45, 2.75) is 72.5 Å². The van der Waals surface area contributed by atoms with Crippen molar-refractivity contribution in [3.05, 3.63) is 24.3 Å². The number of anilines is 2. The van der Waals surface area contributed by atoms with Gasteiger partial charge in [0.15, 0.2) is 0 Å². The Labute approximate surface area is 195 Å². The van der Waals surface area contributed by atoms with E-state index in [9.17, 15) is 24.3 Å². The summed E-state index contributed by atoms with van der Waals surface area (Å²) in [5.41, 5.74) is 1.06. The molecule has 1 aliphatic rings. The van der Waals surface area contributed by atoms with Gasteiger partial charge in [-0.2, -0.15) is 0 Å². The van der Waals surface area contributed by atoms with E-state index < -0.39 is 36.0 Å². The fourth-order valence-electron chi connectivity index (χ4n) is 3.96. The number of amides is 4. The average Bonchev–Trinajstić information content (AvgIpc) is 2.74. The topological polar surface area (TPSA) is 128 Å². The normalized spacial score (nSPS) is 18.2. The summed E-state index contributed by atoms with van der Waals surface area (Å²) in [6.45, 7) is 11.2. The lowest BCUT2D eigenvalue weighted by Gasteiger charge is -2.39. The van der Waals surface area contributed by atoms with Crippen LogP contribution in [0.15, 0.2) is 24.3 Å². The van der Waals surface area contributed by atoms with Crippen molar-refractivity contribution in [1.82, 2.24) is 10.6 Å². The molecule has 0 radical (unpaired) electrons. The van der Waals surface area contributed by atoms with Crippen LogP contribution in [-0.4, -0.2) is 47.0 Å². The number of para-hydroxylation sites is 2. The first-order valence-corrected chi connectivity index (χ1v) is 11.5. The maximum absolute atomic E-state index is 13.5. The number of urea groups is 1. The fourth-order valence-corrected chi connectivity index (χ4v) is 3.96. The lowest BCUT2D eigenvalue weighted by atomic mass is 9.96. The molecule has 0 spiro atoms. The van der Waals surface area contributed by atoms with Crippen LogP contribution in [0.5, 0.6) is 0 Å². The molecule has 1 aromatic carbocycles. The monoisotopic (exact) mass is 460 g/mol. The van der Waals surface area contributed by atoms with Crippen molar-refractivity contribution >= 4 is 35.2 Å². The predicted molar refractivity (Wildman–Crippen MR) is 127 cm³/mol. The molecular formula is C24H36N4O5. The molecule has 0 saturated carbocycles. The molecule has 0 aliphatic carbocycles. The molecule has 0 saturated heterocycles. The molecule has 1 heterocycles. The number of hydrogen-bond acceptors (Lipinski definition) is 4. The van der Waals surface area contributed by atoms with Gasteiger partial charge in [0.25, 0.3) is 0 Å². The zero-order valence-electron chi connectivity index (χ0n) is 20.2. The van der Waals surface area contributed by atoms with Gasteiger partial charge in [-0.3, -0.25) is 14.5 Å². The van der Waals surface area contributed by atoms with Gasteiger partial charge >= 0.3 is 12.0 Å². The van der Waals surface area contributed by atoms with Gasteiger partial charge in [0.2, 0.25) is 11.8 Å². The number of carbonyl (C=O) groups excluding carboxylic acids is 3. The van der Waals surface area contributed by atoms with Crippen molar-refractivity contribution in [1.29, 1.82) is 0 Å². The third-order valence-electron chi connectivity index (χ3n) is 5.91. The minimum absolute atomic E-state index is 0.0678. The van der Waals surface area contributed by atoms with Crippen LogP contribution in [0.2, 0.25) is 0 Å². The zero-order chi connectivity index (χ0) is 24.9. The van der Waals surface area contributed by atoms with Crippen LogP contribution in [0.3, 0.4) is 0 Å². The van der Waals surface area contributed by atoms with E-state index in [0.29, 0.717) is 17.8 Å². The fraction of sp³-hybridized carbons (Fsp3) is 0.583. The number of nitrogens with zero attached hydrogens (tertiary/aromatic N) is 1. The number of rotatable bonds is 9. The first kappa shape index (κ1) is 26.2. The molecule has 4 amide bonds. The Balaban J connectivity index is 2.34. The third-order valence-corrected chi connectivity index (χ3v) is 5.91. The maximum Gasteiger partial charge on any atom is 0.326 e. The maximum atomic E-state index is 13.5. The number of carbonyl (C=O) groups is 4. The van der Waals surface area contributed by atoms with Crippen molar-refractivity contribution in [2.24, 2.45) is 17.8 Å². The molecule has 1 aromatic rings. The van der Waals surface area contributed by atoms with E-state index in [2.05, 4.69) is 16.0 Å². The van der Waals surface area contributed by atoms with Gasteiger partial charge in [-0.25, -0.2) is 9.59 Å². The minimum atomic E-state index is -1.12. The molecule has 0 fully saturated rings. The van der Waals surface area contributed by atoms with E-state index in [0.717, 1.165) is 0 Å². The molecule has 182 valence electrons. The zero-order valence-corrected chi connectivity index (χ0v) is 20.2. The van der Waals surface area contributed by atoms with Gasteiger partial charge in [-0.15, -0.1) is 0 Å². The molecular weight excluding hydrogens is 424 g/mol. The summed E-state index contributed by atoms with van der Waals surface area (Å²) >= 11 is 0. The van der Waals surface area contributed by atoms with E-state index in [4.69, 9.17) is 0 Å². The van der Waals surface area contributed by atoms with E-state index in [-0.39, 0.29) is 30.1 Å². The minimum Gasteiger partial charge on any atom is -0.480 e. The van der Waals surface area contributed by atoms with Gasteiger partial charge in [0.05, 0.1) is 11.4 Å². The highest BCUT2D eigenvalue weighted by atomic mass is 16.4. The summed E-state index contributed by atoms with van der Waals surface area (Å²) < 4.78 is 0. The first-order chi connectivity index (χ1) is 15.5. The Morgan fingerprint density at radius 1 is 1.09 bits per heavy atom. The molecule has 0 bridgehead atoms. The number of aliphatic carboxylic acids is 1. The van der Waals surface area contributed by atoms with Gasteiger partial charge < -0.3 is 21.1 Å². The number of nitrogens with one attached hydrogen (secondary N) is 3. The first-order valence-electron chi connectivity index (χ1n) is 11.5. The Bertz CT molecular complexity index is 885. The number of hydrogen-bond donors (Lipinski definition) is 4. The lowest BCUT2D eigenvalue weighted by molar-refractivity contribution is -0.142. The van der Waals surface area contributed by atoms with Crippen molar-refractivity contribution in [3.8, 4) is 0 Å². The van der Waals surface area contributed by atoms with Crippen LogP contribution in [0.1, 0.15) is 54.4 Å². The summed E-state index contributed by atoms with van der Waals surface area (Å²) in [6.07, 6.45) is 0.863. The van der Waals surface area contributed by atoms with E-state index in [1.54, 1.807) is 24.3 Å². The highest BCUT2D eigenvalue weighted by Crippen LogP contribution is 2.34. The van der Waals surface area contributed by atoms with E-state index in [1.807, 2.05) is 41.5 Å². The second kappa shape index (κ2) is 11.2. The van der Waals surface area contributed by atoms with Crippen LogP contribution in [0.4, 0.5) is 16.2 Å². The molecule has 9 heteroatoms. The lowest BCUT2D eigenvalue weighted by Crippen LogP contribution is -2.61. The van der Waals surface area contributed by atoms with Crippen LogP contribution in [-0.2, 0) is 14.4 Å². The standard InChI is InChI=1S/C24H36N4O5/c1-7-15(6)19(21(29)26-17(23(31)32)12-13(2)3)27-24(33)28-18-11-9-8-10-16(18)25-22(30)20(28)14(4)5/h8-11,13-15,17,19-20H,7,12H2,1-6H3,(H,25,30)(H,26,29)(H,27,33)(H,31,32)/t15-,17+,19-,20+/m0/s1. The highest BCUT2D eigenvalue weighted by molar-refractivity contribution is 6.12. The Kier molecular flexibility index (Phi) is 8.84. The second-order valence-corrected chi connectivity index (χ2v) is 9.41. The van der Waals surface area contributed by atoms with Gasteiger partial charge in [0.1, 0.15) is 18.1 Å². The van der Waals surface area contributed by atoms with Crippen LogP contribution >= 0.6 is 0 Å². The van der Waals surface area contributed by atoms with Crippen molar-refractivity contribution in [3.63, 3.8) is 0 Å². The largest absolute Gasteiger partial charge is 0.480 e. The molecule has 4 N–H and O–H groups in total. The van der Waals surface area contributed by atoms with Crippen molar-refractivity contribution in [2.75, 3.05) is 10.2 Å². The summed E-state index contributed by atoms with van der Waals surface area (Å²) in [4.78, 5) is 52.4. The Morgan fingerprint density at radius 2 is 1.73 bits per heavy atom. The molecule has 9 nitrogen and oxygen atoms in total. The van der Waals surface area contributed by atoms with Crippen LogP contribution < -0.4 is 20.9 Å². The SMILES string of the molecule is CC[C@H](C)[C@H](NC(=O)N1c2ccccc2NC(=O)[C@H]1C(C)C)C(=O)N[C@H](CC(C)C)C(=O)O. The second-order valence-electron chi connectivity index (χ2n) is 9.41. The quantitative estimate of drug-likeness (QED) is 0.450. The molecule has 1 aliphatic heterocycles. The number of benzene rings is 1. The summed E-state index contributed by atoms with van der Waals surface area (Å²) in [5, 5.41) is 17.7. The van der Waals surface area contributed by atoms with E-state index in [1.165, 1.54) is 4.90 Å². The summed E-state index contributed by atoms with van der Waals surface area (Å²) in [5.74, 6) is -2.34. The Hall–Kier alpha value is -3.10. The van der Waals surface area contributed by atoms with E-state index >= 15 is 0 Å². The number of fused-ring (bicyclic) bond motifs is 1. The van der Waals surface area contributed by atoms with Crippen molar-refractivity contribution < 1.29 is 24.3 Å². The molecule has 2 rings (SSSR count). The molecule has 4 atom stereocenters. The molecule has 0 unspecified atom stereocenters. The average molecular weight is 461 g/mol. The van der Waals surface area contributed by atoms with Crippen LogP contribution in [0, 0.1) is 17.8 Å². The third kappa shape index (κ3) is 6.24. The number of carboxylic acid groups (broad SMARTS) is 1.